The largest absolute Gasteiger partial charge is 0.486 e. The summed E-state index contributed by atoms with van der Waals surface area (Å²) in [7, 11) is 0. The highest BCUT2D eigenvalue weighted by Crippen LogP contribution is 2.34. The number of benzene rings is 2. The zero-order valence-electron chi connectivity index (χ0n) is 14.9. The second-order valence-electron chi connectivity index (χ2n) is 6.28. The predicted octanol–water partition coefficient (Wildman–Crippen LogP) is 4.32. The number of amides is 1. The lowest BCUT2D eigenvalue weighted by atomic mass is 10.1. The zero-order chi connectivity index (χ0) is 18.8. The number of nitrogens with zero attached hydrogens (tertiary/aromatic N) is 2. The minimum absolute atomic E-state index is 0.167. The maximum absolute atomic E-state index is 13.1. The molecule has 0 bridgehead atoms. The summed E-state index contributed by atoms with van der Waals surface area (Å²) >= 11 is 6.29. The van der Waals surface area contributed by atoms with Crippen molar-refractivity contribution in [2.45, 2.75) is 13.5 Å². The standard InChI is InChI=1S/C21H19ClN2O3/c1-2-24(13-15-7-5-9-18-19(15)27-11-10-26-18)21(25)17-12-14-6-3-4-8-16(14)20(22)23-17/h3-9,12H,2,10-11,13H2,1H3. The molecule has 5 nitrogen and oxygen atoms in total. The SMILES string of the molecule is CCN(Cc1cccc2c1OCCO2)C(=O)c1cc2ccccc2c(Cl)n1. The summed E-state index contributed by atoms with van der Waals surface area (Å²) in [5, 5.41) is 2.06. The van der Waals surface area contributed by atoms with Gasteiger partial charge in [0.15, 0.2) is 11.5 Å². The van der Waals surface area contributed by atoms with E-state index in [2.05, 4.69) is 4.98 Å². The van der Waals surface area contributed by atoms with Crippen molar-refractivity contribution < 1.29 is 14.3 Å². The van der Waals surface area contributed by atoms with E-state index in [0.717, 1.165) is 16.3 Å². The van der Waals surface area contributed by atoms with Gasteiger partial charge in [-0.1, -0.05) is 48.0 Å². The maximum atomic E-state index is 13.1. The number of ether oxygens (including phenoxy) is 2. The van der Waals surface area contributed by atoms with Crippen LogP contribution in [0, 0.1) is 0 Å². The van der Waals surface area contributed by atoms with Crippen molar-refractivity contribution in [2.75, 3.05) is 19.8 Å². The van der Waals surface area contributed by atoms with Gasteiger partial charge in [-0.25, -0.2) is 4.98 Å². The summed E-state index contributed by atoms with van der Waals surface area (Å²) in [6.45, 7) is 3.93. The lowest BCUT2D eigenvalue weighted by molar-refractivity contribution is 0.0743. The molecule has 0 aliphatic carbocycles. The smallest absolute Gasteiger partial charge is 0.272 e. The lowest BCUT2D eigenvalue weighted by Gasteiger charge is -2.25. The molecule has 0 atom stereocenters. The third-order valence-electron chi connectivity index (χ3n) is 4.59. The Morgan fingerprint density at radius 2 is 1.96 bits per heavy atom. The Bertz CT molecular complexity index is 1010. The van der Waals surface area contributed by atoms with E-state index in [1.807, 2.05) is 49.4 Å². The molecule has 0 N–H and O–H groups in total. The van der Waals surface area contributed by atoms with Crippen molar-refractivity contribution in [3.63, 3.8) is 0 Å². The summed E-state index contributed by atoms with van der Waals surface area (Å²) in [4.78, 5) is 19.1. The molecule has 4 rings (SSSR count). The number of hydrogen-bond donors (Lipinski definition) is 0. The minimum atomic E-state index is -0.167. The fourth-order valence-electron chi connectivity index (χ4n) is 3.22. The first-order valence-corrected chi connectivity index (χ1v) is 9.27. The van der Waals surface area contributed by atoms with Crippen molar-refractivity contribution in [3.05, 3.63) is 64.9 Å². The van der Waals surface area contributed by atoms with Crippen molar-refractivity contribution in [1.29, 1.82) is 0 Å². The van der Waals surface area contributed by atoms with Gasteiger partial charge in [0.1, 0.15) is 24.1 Å². The van der Waals surface area contributed by atoms with Crippen LogP contribution >= 0.6 is 11.6 Å². The van der Waals surface area contributed by atoms with Crippen molar-refractivity contribution in [1.82, 2.24) is 9.88 Å². The van der Waals surface area contributed by atoms with Gasteiger partial charge in [-0.3, -0.25) is 4.79 Å². The Kier molecular flexibility index (Phi) is 4.86. The van der Waals surface area contributed by atoms with Crippen LogP contribution in [0.3, 0.4) is 0 Å². The van der Waals surface area contributed by atoms with Crippen LogP contribution < -0.4 is 9.47 Å². The molecule has 1 aliphatic rings. The van der Waals surface area contributed by atoms with Gasteiger partial charge >= 0.3 is 0 Å². The molecule has 0 saturated heterocycles. The molecule has 1 aliphatic heterocycles. The van der Waals surface area contributed by atoms with E-state index in [0.29, 0.717) is 48.6 Å². The van der Waals surface area contributed by atoms with Crippen LogP contribution in [0.25, 0.3) is 10.8 Å². The van der Waals surface area contributed by atoms with Gasteiger partial charge in [0.25, 0.3) is 5.91 Å². The maximum Gasteiger partial charge on any atom is 0.272 e. The Morgan fingerprint density at radius 3 is 2.81 bits per heavy atom. The number of rotatable bonds is 4. The molecule has 0 radical (unpaired) electrons. The number of fused-ring (bicyclic) bond motifs is 2. The van der Waals surface area contributed by atoms with E-state index in [-0.39, 0.29) is 5.91 Å². The minimum Gasteiger partial charge on any atom is -0.486 e. The fourth-order valence-corrected chi connectivity index (χ4v) is 3.48. The summed E-state index contributed by atoms with van der Waals surface area (Å²) in [6.07, 6.45) is 0. The molecule has 0 saturated carbocycles. The highest BCUT2D eigenvalue weighted by molar-refractivity contribution is 6.34. The number of carbonyl (C=O) groups is 1. The van der Waals surface area contributed by atoms with Crippen LogP contribution in [0.4, 0.5) is 0 Å². The summed E-state index contributed by atoms with van der Waals surface area (Å²) in [6, 6.07) is 15.1. The Hall–Kier alpha value is -2.79. The Labute approximate surface area is 162 Å². The molecular formula is C21H19ClN2O3. The second kappa shape index (κ2) is 7.45. The van der Waals surface area contributed by atoms with Crippen LogP contribution in [-0.2, 0) is 6.54 Å². The van der Waals surface area contributed by atoms with Gasteiger partial charge in [-0.05, 0) is 24.4 Å². The summed E-state index contributed by atoms with van der Waals surface area (Å²) < 4.78 is 11.4. The molecule has 2 heterocycles. The summed E-state index contributed by atoms with van der Waals surface area (Å²) in [5.41, 5.74) is 1.25. The van der Waals surface area contributed by atoms with E-state index >= 15 is 0 Å². The zero-order valence-corrected chi connectivity index (χ0v) is 15.7. The molecule has 0 unspecified atom stereocenters. The van der Waals surface area contributed by atoms with E-state index in [1.54, 1.807) is 11.0 Å². The third-order valence-corrected chi connectivity index (χ3v) is 4.88. The van der Waals surface area contributed by atoms with Gasteiger partial charge in [0.05, 0.1) is 0 Å². The van der Waals surface area contributed by atoms with Gasteiger partial charge in [-0.15, -0.1) is 0 Å². The van der Waals surface area contributed by atoms with Crippen molar-refractivity contribution in [3.8, 4) is 11.5 Å². The molecule has 0 fully saturated rings. The summed E-state index contributed by atoms with van der Waals surface area (Å²) in [5.74, 6) is 1.26. The van der Waals surface area contributed by atoms with E-state index in [4.69, 9.17) is 21.1 Å². The number of carbonyl (C=O) groups excluding carboxylic acids is 1. The molecule has 138 valence electrons. The molecule has 6 heteroatoms. The highest BCUT2D eigenvalue weighted by Gasteiger charge is 2.22. The molecule has 1 amide bonds. The average molecular weight is 383 g/mol. The van der Waals surface area contributed by atoms with Crippen LogP contribution in [0.1, 0.15) is 23.0 Å². The highest BCUT2D eigenvalue weighted by atomic mass is 35.5. The normalized spacial score (nSPS) is 12.8. The van der Waals surface area contributed by atoms with Crippen LogP contribution in [0.5, 0.6) is 11.5 Å². The Balaban J connectivity index is 1.64. The van der Waals surface area contributed by atoms with E-state index in [9.17, 15) is 4.79 Å². The second-order valence-corrected chi connectivity index (χ2v) is 6.64. The average Bonchev–Trinajstić information content (AvgIpc) is 2.71. The van der Waals surface area contributed by atoms with E-state index in [1.165, 1.54) is 0 Å². The van der Waals surface area contributed by atoms with Gasteiger partial charge < -0.3 is 14.4 Å². The number of hydrogen-bond acceptors (Lipinski definition) is 4. The van der Waals surface area contributed by atoms with Crippen molar-refractivity contribution in [2.24, 2.45) is 0 Å². The van der Waals surface area contributed by atoms with E-state index < -0.39 is 0 Å². The van der Waals surface area contributed by atoms with Gasteiger partial charge in [0.2, 0.25) is 0 Å². The Morgan fingerprint density at radius 1 is 1.15 bits per heavy atom. The molecular weight excluding hydrogens is 364 g/mol. The van der Waals surface area contributed by atoms with Crippen molar-refractivity contribution >= 4 is 28.3 Å². The lowest BCUT2D eigenvalue weighted by Crippen LogP contribution is -2.31. The first kappa shape index (κ1) is 17.6. The molecule has 2 aromatic carbocycles. The molecule has 1 aromatic heterocycles. The van der Waals surface area contributed by atoms with Crippen LogP contribution in [0.2, 0.25) is 5.15 Å². The van der Waals surface area contributed by atoms with Crippen LogP contribution in [0.15, 0.2) is 48.5 Å². The number of pyridine rings is 1. The number of aromatic nitrogens is 1. The van der Waals surface area contributed by atoms with Gasteiger partial charge in [0, 0.05) is 24.0 Å². The number of halogens is 1. The first-order valence-electron chi connectivity index (χ1n) is 8.89. The molecule has 3 aromatic rings. The fraction of sp³-hybridized carbons (Fsp3) is 0.238. The van der Waals surface area contributed by atoms with Gasteiger partial charge in [-0.2, -0.15) is 0 Å². The number of para-hydroxylation sites is 1. The monoisotopic (exact) mass is 382 g/mol. The topological polar surface area (TPSA) is 51.7 Å². The quantitative estimate of drug-likeness (QED) is 0.630. The third kappa shape index (κ3) is 3.43. The van der Waals surface area contributed by atoms with Crippen LogP contribution in [-0.4, -0.2) is 35.5 Å². The first-order chi connectivity index (χ1) is 13.2. The predicted molar refractivity (Wildman–Crippen MR) is 105 cm³/mol. The molecule has 0 spiro atoms. The molecule has 27 heavy (non-hydrogen) atoms.